The van der Waals surface area contributed by atoms with Crippen LogP contribution in [0.15, 0.2) is 0 Å². The Kier molecular flexibility index (Phi) is 4.39. The van der Waals surface area contributed by atoms with Crippen molar-refractivity contribution in [2.24, 2.45) is 0 Å². The number of likely N-dealkylation sites (tertiary alicyclic amines) is 1. The van der Waals surface area contributed by atoms with Crippen molar-refractivity contribution in [3.05, 3.63) is 0 Å². The monoisotopic (exact) mass is 185 g/mol. The van der Waals surface area contributed by atoms with Crippen molar-refractivity contribution in [3.63, 3.8) is 0 Å². The molecule has 0 amide bonds. The molecule has 0 aromatic rings. The largest absolute Gasteiger partial charge is 0.384 e. The molecule has 0 radical (unpaired) electrons. The fraction of sp³-hybridized carbons (Fsp3) is 0.900. The second-order valence-corrected chi connectivity index (χ2v) is 3.70. The van der Waals surface area contributed by atoms with Gasteiger partial charge in [-0.3, -0.25) is 4.90 Å². The van der Waals surface area contributed by atoms with Crippen LogP contribution in [0.1, 0.15) is 32.6 Å². The average Bonchev–Trinajstić information content (AvgIpc) is 2.20. The van der Waals surface area contributed by atoms with E-state index in [4.69, 9.17) is 0 Å². The summed E-state index contributed by atoms with van der Waals surface area (Å²) in [5.74, 6) is 0. The lowest BCUT2D eigenvalue weighted by Crippen LogP contribution is -2.46. The molecule has 1 fully saturated rings. The van der Waals surface area contributed by atoms with Crippen molar-refractivity contribution < 1.29 is 9.90 Å². The molecule has 3 nitrogen and oxygen atoms in total. The molecule has 3 heteroatoms. The maximum atomic E-state index is 10.5. The number of aliphatic hydroxyl groups excluding tert-OH is 1. The van der Waals surface area contributed by atoms with E-state index in [1.54, 1.807) is 0 Å². The van der Waals surface area contributed by atoms with Gasteiger partial charge < -0.3 is 9.90 Å². The number of carbonyl (C=O) groups is 1. The maximum absolute atomic E-state index is 10.5. The lowest BCUT2D eigenvalue weighted by atomic mass is 10.0. The predicted octanol–water partition coefficient (Wildman–Crippen LogP) is 0.811. The van der Waals surface area contributed by atoms with Crippen LogP contribution in [0.2, 0.25) is 0 Å². The molecule has 2 atom stereocenters. The first-order valence-corrected chi connectivity index (χ1v) is 5.17. The van der Waals surface area contributed by atoms with Crippen LogP contribution < -0.4 is 0 Å². The van der Waals surface area contributed by atoms with Crippen LogP contribution in [0.4, 0.5) is 0 Å². The molecule has 1 heterocycles. The fourth-order valence-electron chi connectivity index (χ4n) is 2.06. The van der Waals surface area contributed by atoms with E-state index in [1.807, 2.05) is 6.92 Å². The van der Waals surface area contributed by atoms with E-state index in [9.17, 15) is 9.90 Å². The summed E-state index contributed by atoms with van der Waals surface area (Å²) < 4.78 is 0. The zero-order chi connectivity index (χ0) is 9.68. The molecule has 1 rings (SSSR count). The molecule has 1 saturated heterocycles. The standard InChI is InChI=1S/C10H19NO2/c1-2-9(10(13)8-12)11-6-4-3-5-7-11/h8-10,13H,2-7H2,1H3. The Bertz CT molecular complexity index is 155. The molecule has 1 aliphatic rings. The van der Waals surface area contributed by atoms with Gasteiger partial charge in [0.1, 0.15) is 12.4 Å². The SMILES string of the molecule is CCC(C(O)C=O)N1CCCCC1. The quantitative estimate of drug-likeness (QED) is 0.659. The molecule has 0 aromatic heterocycles. The minimum atomic E-state index is -0.803. The highest BCUT2D eigenvalue weighted by atomic mass is 16.3. The molecule has 13 heavy (non-hydrogen) atoms. The van der Waals surface area contributed by atoms with Crippen LogP contribution in [0.3, 0.4) is 0 Å². The Labute approximate surface area is 79.7 Å². The third-order valence-corrected chi connectivity index (χ3v) is 2.81. The van der Waals surface area contributed by atoms with Gasteiger partial charge in [-0.1, -0.05) is 13.3 Å². The molecule has 0 spiro atoms. The van der Waals surface area contributed by atoms with Gasteiger partial charge in [0.15, 0.2) is 0 Å². The summed E-state index contributed by atoms with van der Waals surface area (Å²) in [4.78, 5) is 12.7. The molecule has 0 aliphatic carbocycles. The minimum absolute atomic E-state index is 0.0396. The molecule has 1 N–H and O–H groups in total. The number of hydrogen-bond acceptors (Lipinski definition) is 3. The fourth-order valence-corrected chi connectivity index (χ4v) is 2.06. The first-order chi connectivity index (χ1) is 6.29. The summed E-state index contributed by atoms with van der Waals surface area (Å²) in [6.07, 6.45) is 4.37. The Morgan fingerprint density at radius 2 is 2.00 bits per heavy atom. The van der Waals surface area contributed by atoms with Crippen molar-refractivity contribution in [2.45, 2.75) is 44.8 Å². The summed E-state index contributed by atoms with van der Waals surface area (Å²) in [5, 5.41) is 9.46. The molecule has 76 valence electrons. The van der Waals surface area contributed by atoms with E-state index in [0.717, 1.165) is 19.5 Å². The number of piperidine rings is 1. The van der Waals surface area contributed by atoms with Gasteiger partial charge in [-0.05, 0) is 32.4 Å². The van der Waals surface area contributed by atoms with Gasteiger partial charge in [-0.25, -0.2) is 0 Å². The Balaban J connectivity index is 2.48. The zero-order valence-corrected chi connectivity index (χ0v) is 8.28. The second-order valence-electron chi connectivity index (χ2n) is 3.70. The lowest BCUT2D eigenvalue weighted by molar-refractivity contribution is -0.118. The third-order valence-electron chi connectivity index (χ3n) is 2.81. The Morgan fingerprint density at radius 3 is 2.46 bits per heavy atom. The zero-order valence-electron chi connectivity index (χ0n) is 8.28. The van der Waals surface area contributed by atoms with Crippen molar-refractivity contribution >= 4 is 6.29 Å². The van der Waals surface area contributed by atoms with Crippen LogP contribution in [0.5, 0.6) is 0 Å². The number of rotatable bonds is 4. The van der Waals surface area contributed by atoms with Crippen molar-refractivity contribution in [2.75, 3.05) is 13.1 Å². The second kappa shape index (κ2) is 5.35. The van der Waals surface area contributed by atoms with E-state index < -0.39 is 6.10 Å². The topological polar surface area (TPSA) is 40.5 Å². The predicted molar refractivity (Wildman–Crippen MR) is 51.6 cm³/mol. The number of aldehydes is 1. The van der Waals surface area contributed by atoms with Crippen molar-refractivity contribution in [1.29, 1.82) is 0 Å². The van der Waals surface area contributed by atoms with Crippen LogP contribution in [0.25, 0.3) is 0 Å². The van der Waals surface area contributed by atoms with Gasteiger partial charge in [0.05, 0.1) is 0 Å². The number of aliphatic hydroxyl groups is 1. The van der Waals surface area contributed by atoms with Crippen molar-refractivity contribution in [1.82, 2.24) is 4.90 Å². The highest BCUT2D eigenvalue weighted by Gasteiger charge is 2.24. The number of nitrogens with zero attached hydrogens (tertiary/aromatic N) is 1. The highest BCUT2D eigenvalue weighted by molar-refractivity contribution is 5.56. The average molecular weight is 185 g/mol. The van der Waals surface area contributed by atoms with Gasteiger partial charge in [-0.15, -0.1) is 0 Å². The summed E-state index contributed by atoms with van der Waals surface area (Å²) >= 11 is 0. The molecule has 0 bridgehead atoms. The van der Waals surface area contributed by atoms with Gasteiger partial charge in [0.2, 0.25) is 0 Å². The van der Waals surface area contributed by atoms with Crippen LogP contribution in [0, 0.1) is 0 Å². The first-order valence-electron chi connectivity index (χ1n) is 5.17. The number of carbonyl (C=O) groups excluding carboxylic acids is 1. The molecule has 2 unspecified atom stereocenters. The minimum Gasteiger partial charge on any atom is -0.384 e. The summed E-state index contributed by atoms with van der Waals surface area (Å²) in [6.45, 7) is 4.08. The van der Waals surface area contributed by atoms with Gasteiger partial charge >= 0.3 is 0 Å². The van der Waals surface area contributed by atoms with E-state index in [0.29, 0.717) is 6.29 Å². The van der Waals surface area contributed by atoms with E-state index >= 15 is 0 Å². The molecule has 0 saturated carbocycles. The summed E-state index contributed by atoms with van der Waals surface area (Å²) in [7, 11) is 0. The number of hydrogen-bond donors (Lipinski definition) is 1. The highest BCUT2D eigenvalue weighted by Crippen LogP contribution is 2.15. The van der Waals surface area contributed by atoms with E-state index in [-0.39, 0.29) is 6.04 Å². The van der Waals surface area contributed by atoms with E-state index in [2.05, 4.69) is 4.90 Å². The van der Waals surface area contributed by atoms with Crippen LogP contribution >= 0.6 is 0 Å². The van der Waals surface area contributed by atoms with Gasteiger partial charge in [-0.2, -0.15) is 0 Å². The smallest absolute Gasteiger partial charge is 0.150 e. The molecular weight excluding hydrogens is 166 g/mol. The first kappa shape index (κ1) is 10.7. The van der Waals surface area contributed by atoms with Gasteiger partial charge in [0.25, 0.3) is 0 Å². The van der Waals surface area contributed by atoms with Crippen LogP contribution in [-0.2, 0) is 4.79 Å². The molecule has 1 aliphatic heterocycles. The third kappa shape index (κ3) is 2.78. The van der Waals surface area contributed by atoms with Gasteiger partial charge in [0, 0.05) is 6.04 Å². The molecular formula is C10H19NO2. The van der Waals surface area contributed by atoms with Crippen molar-refractivity contribution in [3.8, 4) is 0 Å². The summed E-state index contributed by atoms with van der Waals surface area (Å²) in [5.41, 5.74) is 0. The summed E-state index contributed by atoms with van der Waals surface area (Å²) in [6, 6.07) is 0.0396. The van der Waals surface area contributed by atoms with Crippen LogP contribution in [-0.4, -0.2) is 41.5 Å². The lowest BCUT2D eigenvalue weighted by Gasteiger charge is -2.35. The maximum Gasteiger partial charge on any atom is 0.150 e. The normalized spacial score (nSPS) is 23.8. The Hall–Kier alpha value is -0.410. The Morgan fingerprint density at radius 1 is 1.38 bits per heavy atom. The molecule has 0 aromatic carbocycles. The van der Waals surface area contributed by atoms with E-state index in [1.165, 1.54) is 19.3 Å².